The fraction of sp³-hybridized carbons (Fsp3) is 0.240. The normalized spacial score (nSPS) is 15.8. The van der Waals surface area contributed by atoms with Gasteiger partial charge in [0, 0.05) is 16.5 Å². The van der Waals surface area contributed by atoms with Gasteiger partial charge < -0.3 is 0 Å². The van der Waals surface area contributed by atoms with Crippen LogP contribution in [0.2, 0.25) is 0 Å². The number of benzene rings is 2. The number of thioether (sulfide) groups is 1. The predicted molar refractivity (Wildman–Crippen MR) is 121 cm³/mol. The van der Waals surface area contributed by atoms with E-state index in [0.29, 0.717) is 16.5 Å². The molecule has 4 aromatic rings. The van der Waals surface area contributed by atoms with Gasteiger partial charge in [0.25, 0.3) is 0 Å². The molecule has 0 amide bonds. The van der Waals surface area contributed by atoms with Gasteiger partial charge in [-0.05, 0) is 48.9 Å². The molecule has 0 radical (unpaired) electrons. The Morgan fingerprint density at radius 1 is 1.17 bits per heavy atom. The Bertz CT molecular complexity index is 1280. The van der Waals surface area contributed by atoms with Crippen LogP contribution in [0.15, 0.2) is 59.6 Å². The van der Waals surface area contributed by atoms with Crippen molar-refractivity contribution in [3.8, 4) is 6.07 Å². The molecule has 1 atom stereocenters. The third kappa shape index (κ3) is 3.18. The second-order valence-electron chi connectivity index (χ2n) is 7.96. The average molecular weight is 412 g/mol. The zero-order valence-corrected chi connectivity index (χ0v) is 17.6. The smallest absolute Gasteiger partial charge is 0.241 e. The third-order valence-electron chi connectivity index (χ3n) is 5.88. The lowest BCUT2D eigenvalue weighted by Crippen LogP contribution is -2.15. The van der Waals surface area contributed by atoms with Crippen LogP contribution in [-0.2, 0) is 12.8 Å². The molecule has 1 aliphatic carbocycles. The molecule has 0 aliphatic heterocycles. The van der Waals surface area contributed by atoms with Crippen LogP contribution < -0.4 is 0 Å². The molecule has 0 fully saturated rings. The quantitative estimate of drug-likeness (QED) is 0.411. The highest BCUT2D eigenvalue weighted by atomic mass is 32.2. The minimum Gasteiger partial charge on any atom is -0.279 e. The van der Waals surface area contributed by atoms with Crippen molar-refractivity contribution >= 4 is 39.5 Å². The maximum Gasteiger partial charge on any atom is 0.241 e. The summed E-state index contributed by atoms with van der Waals surface area (Å²) in [5.74, 6) is 0.857. The Kier molecular flexibility index (Phi) is 4.80. The number of aromatic nitrogens is 2. The van der Waals surface area contributed by atoms with E-state index in [0.717, 1.165) is 46.8 Å². The van der Waals surface area contributed by atoms with E-state index in [4.69, 9.17) is 4.98 Å². The van der Waals surface area contributed by atoms with E-state index >= 15 is 0 Å². The summed E-state index contributed by atoms with van der Waals surface area (Å²) in [6, 6.07) is 20.2. The molecule has 2 aromatic carbocycles. The molecular formula is C25H21N3OS. The fourth-order valence-electron chi connectivity index (χ4n) is 4.40. The van der Waals surface area contributed by atoms with Gasteiger partial charge in [-0.25, -0.2) is 4.98 Å². The molecule has 0 saturated heterocycles. The summed E-state index contributed by atoms with van der Waals surface area (Å²) in [7, 11) is 0. The van der Waals surface area contributed by atoms with Gasteiger partial charge in [0.15, 0.2) is 0 Å². The number of carbonyl (C=O) groups excluding carboxylic acids is 1. The first-order valence-electron chi connectivity index (χ1n) is 10.2. The van der Waals surface area contributed by atoms with E-state index in [1.165, 1.54) is 17.3 Å². The standard InChI is InChI=1S/C25H21N3OS/c1-16-10-11-21-17(12-16)13-18(14-26)25(27-21)30-15-24(29)28-22-8-4-2-6-19(22)20-7-3-5-9-23(20)28/h2-9,13,16H,10-12,15H2,1H3. The Hall–Kier alpha value is -3.10. The van der Waals surface area contributed by atoms with Crippen molar-refractivity contribution in [1.29, 1.82) is 5.26 Å². The van der Waals surface area contributed by atoms with Gasteiger partial charge in [0.1, 0.15) is 11.1 Å². The number of fused-ring (bicyclic) bond motifs is 4. The van der Waals surface area contributed by atoms with E-state index in [1.807, 2.05) is 42.5 Å². The van der Waals surface area contributed by atoms with Gasteiger partial charge in [0.2, 0.25) is 5.91 Å². The molecule has 0 saturated carbocycles. The summed E-state index contributed by atoms with van der Waals surface area (Å²) in [5.41, 5.74) is 4.67. The predicted octanol–water partition coefficient (Wildman–Crippen LogP) is 5.62. The Labute approximate surface area is 179 Å². The summed E-state index contributed by atoms with van der Waals surface area (Å²) < 4.78 is 1.80. The first-order chi connectivity index (χ1) is 14.7. The van der Waals surface area contributed by atoms with Crippen molar-refractivity contribution in [2.45, 2.75) is 31.2 Å². The molecule has 4 nitrogen and oxygen atoms in total. The Morgan fingerprint density at radius 2 is 1.83 bits per heavy atom. The highest BCUT2D eigenvalue weighted by Gasteiger charge is 2.21. The second-order valence-corrected chi connectivity index (χ2v) is 8.92. The number of nitriles is 1. The lowest BCUT2D eigenvalue weighted by molar-refractivity contribution is 0.0951. The minimum atomic E-state index is -0.00515. The summed E-state index contributed by atoms with van der Waals surface area (Å²) in [5, 5.41) is 12.4. The lowest BCUT2D eigenvalue weighted by atomic mass is 9.87. The van der Waals surface area contributed by atoms with Gasteiger partial charge in [0.05, 0.1) is 22.3 Å². The zero-order valence-electron chi connectivity index (χ0n) is 16.8. The van der Waals surface area contributed by atoms with Crippen molar-refractivity contribution in [2.24, 2.45) is 5.92 Å². The summed E-state index contributed by atoms with van der Waals surface area (Å²) in [6.07, 6.45) is 3.04. The molecule has 0 N–H and O–H groups in total. The van der Waals surface area contributed by atoms with Gasteiger partial charge in [-0.2, -0.15) is 5.26 Å². The molecule has 2 heterocycles. The van der Waals surface area contributed by atoms with E-state index in [-0.39, 0.29) is 11.7 Å². The van der Waals surface area contributed by atoms with Gasteiger partial charge in [-0.3, -0.25) is 9.36 Å². The van der Waals surface area contributed by atoms with Crippen LogP contribution in [0.4, 0.5) is 0 Å². The molecule has 148 valence electrons. The van der Waals surface area contributed by atoms with Gasteiger partial charge >= 0.3 is 0 Å². The van der Waals surface area contributed by atoms with Crippen LogP contribution in [-0.4, -0.2) is 21.2 Å². The minimum absolute atomic E-state index is 0.00515. The maximum atomic E-state index is 13.3. The number of hydrogen-bond acceptors (Lipinski definition) is 4. The number of para-hydroxylation sites is 2. The van der Waals surface area contributed by atoms with Crippen molar-refractivity contribution in [1.82, 2.24) is 9.55 Å². The molecule has 30 heavy (non-hydrogen) atoms. The van der Waals surface area contributed by atoms with E-state index in [2.05, 4.69) is 25.1 Å². The van der Waals surface area contributed by atoms with Crippen LogP contribution in [0.5, 0.6) is 0 Å². The second kappa shape index (κ2) is 7.62. The molecule has 0 bridgehead atoms. The molecule has 0 spiro atoms. The van der Waals surface area contributed by atoms with Crippen molar-refractivity contribution < 1.29 is 4.79 Å². The van der Waals surface area contributed by atoms with Crippen molar-refractivity contribution in [3.05, 3.63) is 71.4 Å². The first-order valence-corrected chi connectivity index (χ1v) is 11.2. The monoisotopic (exact) mass is 411 g/mol. The van der Waals surface area contributed by atoms with Crippen LogP contribution in [0.25, 0.3) is 21.8 Å². The molecule has 2 aromatic heterocycles. The van der Waals surface area contributed by atoms with E-state index < -0.39 is 0 Å². The zero-order chi connectivity index (χ0) is 20.7. The number of nitrogens with zero attached hydrogens (tertiary/aromatic N) is 3. The Morgan fingerprint density at radius 3 is 2.50 bits per heavy atom. The van der Waals surface area contributed by atoms with Crippen LogP contribution in [0.3, 0.4) is 0 Å². The highest BCUT2D eigenvalue weighted by Crippen LogP contribution is 2.32. The number of rotatable bonds is 3. The summed E-state index contributed by atoms with van der Waals surface area (Å²) in [4.78, 5) is 18.0. The Balaban J connectivity index is 1.48. The van der Waals surface area contributed by atoms with E-state index in [1.54, 1.807) is 4.57 Å². The number of pyridine rings is 1. The molecular weight excluding hydrogens is 390 g/mol. The molecule has 1 unspecified atom stereocenters. The van der Waals surface area contributed by atoms with Crippen LogP contribution >= 0.6 is 11.8 Å². The SMILES string of the molecule is CC1CCc2nc(SCC(=O)n3c4ccccc4c4ccccc43)c(C#N)cc2C1. The maximum absolute atomic E-state index is 13.3. The number of carbonyl (C=O) groups is 1. The first kappa shape index (κ1) is 18.9. The lowest BCUT2D eigenvalue weighted by Gasteiger charge is -2.21. The molecule has 5 rings (SSSR count). The third-order valence-corrected chi connectivity index (χ3v) is 6.86. The highest BCUT2D eigenvalue weighted by molar-refractivity contribution is 8.00. The van der Waals surface area contributed by atoms with Crippen LogP contribution in [0.1, 0.15) is 35.0 Å². The van der Waals surface area contributed by atoms with E-state index in [9.17, 15) is 10.1 Å². The topological polar surface area (TPSA) is 58.7 Å². The summed E-state index contributed by atoms with van der Waals surface area (Å²) in [6.45, 7) is 2.24. The summed E-state index contributed by atoms with van der Waals surface area (Å²) >= 11 is 1.36. The van der Waals surface area contributed by atoms with Gasteiger partial charge in [-0.15, -0.1) is 0 Å². The number of aryl methyl sites for hydroxylation is 1. The molecule has 5 heteroatoms. The molecule has 1 aliphatic rings. The largest absolute Gasteiger partial charge is 0.279 e. The average Bonchev–Trinajstić information content (AvgIpc) is 3.11. The van der Waals surface area contributed by atoms with Crippen molar-refractivity contribution in [3.63, 3.8) is 0 Å². The number of hydrogen-bond donors (Lipinski definition) is 0. The van der Waals surface area contributed by atoms with Gasteiger partial charge in [-0.1, -0.05) is 55.1 Å². The van der Waals surface area contributed by atoms with Crippen LogP contribution in [0, 0.1) is 17.2 Å². The fourth-order valence-corrected chi connectivity index (χ4v) is 5.23. The van der Waals surface area contributed by atoms with Crippen molar-refractivity contribution in [2.75, 3.05) is 5.75 Å².